The molecule has 4 heteroatoms. The van der Waals surface area contributed by atoms with Gasteiger partial charge in [-0.15, -0.1) is 0 Å². The molecule has 1 atom stereocenters. The molecule has 0 bridgehead atoms. The third-order valence-corrected chi connectivity index (χ3v) is 5.23. The Morgan fingerprint density at radius 2 is 1.77 bits per heavy atom. The minimum Gasteiger partial charge on any atom is -0.395 e. The molecule has 0 saturated carbocycles. The first-order valence-corrected chi connectivity index (χ1v) is 9.50. The van der Waals surface area contributed by atoms with Crippen LogP contribution in [-0.4, -0.2) is 42.4 Å². The number of rotatable bonds is 5. The van der Waals surface area contributed by atoms with E-state index in [1.54, 1.807) is 0 Å². The van der Waals surface area contributed by atoms with Crippen LogP contribution in [0.5, 0.6) is 0 Å². The number of hydrogen-bond acceptors (Lipinski definition) is 3. The predicted octanol–water partition coefficient (Wildman–Crippen LogP) is 4.33. The molecule has 1 heterocycles. The van der Waals surface area contributed by atoms with Gasteiger partial charge in [0, 0.05) is 25.3 Å². The van der Waals surface area contributed by atoms with Crippen LogP contribution in [0.3, 0.4) is 0 Å². The predicted molar refractivity (Wildman–Crippen MR) is 111 cm³/mol. The largest absolute Gasteiger partial charge is 0.395 e. The molecule has 2 aromatic rings. The molecule has 3 nitrogen and oxygen atoms in total. The van der Waals surface area contributed by atoms with E-state index >= 15 is 0 Å². The monoisotopic (exact) mass is 370 g/mol. The van der Waals surface area contributed by atoms with Crippen LogP contribution in [0.4, 0.5) is 5.69 Å². The molecule has 3 rings (SSSR count). The Kier molecular flexibility index (Phi) is 6.02. The summed E-state index contributed by atoms with van der Waals surface area (Å²) in [6.45, 7) is 8.98. The molecule has 1 N–H and O–H groups in total. The summed E-state index contributed by atoms with van der Waals surface area (Å²) < 4.78 is 0. The quantitative estimate of drug-likeness (QED) is 0.848. The average Bonchev–Trinajstić information content (AvgIpc) is 2.98. The van der Waals surface area contributed by atoms with Gasteiger partial charge in [0.2, 0.25) is 0 Å². The maximum absolute atomic E-state index is 9.50. The molecule has 1 saturated heterocycles. The Hall–Kier alpha value is -1.81. The van der Waals surface area contributed by atoms with Crippen molar-refractivity contribution in [2.75, 3.05) is 31.1 Å². The number of aryl methyl sites for hydroxylation is 3. The van der Waals surface area contributed by atoms with Crippen LogP contribution in [0.25, 0.3) is 6.08 Å². The van der Waals surface area contributed by atoms with Gasteiger partial charge in [0.25, 0.3) is 0 Å². The average molecular weight is 371 g/mol. The SMILES string of the molecule is Cc1cc(C)c(N2CCN(CCO)C2/C(Cl)=C\c2ccccc2)c(C)c1. The number of hydrogen-bond donors (Lipinski definition) is 1. The van der Waals surface area contributed by atoms with Crippen molar-refractivity contribution >= 4 is 23.4 Å². The van der Waals surface area contributed by atoms with E-state index in [0.29, 0.717) is 6.54 Å². The highest BCUT2D eigenvalue weighted by Crippen LogP contribution is 2.35. The molecular weight excluding hydrogens is 344 g/mol. The number of aliphatic hydroxyl groups is 1. The van der Waals surface area contributed by atoms with Crippen LogP contribution in [0.1, 0.15) is 22.3 Å². The minimum atomic E-state index is -0.0517. The zero-order valence-electron chi connectivity index (χ0n) is 15.7. The van der Waals surface area contributed by atoms with Crippen molar-refractivity contribution in [2.45, 2.75) is 26.9 Å². The van der Waals surface area contributed by atoms with Crippen molar-refractivity contribution in [3.63, 3.8) is 0 Å². The summed E-state index contributed by atoms with van der Waals surface area (Å²) in [5.74, 6) is 0. The van der Waals surface area contributed by atoms with Gasteiger partial charge in [-0.3, -0.25) is 4.90 Å². The van der Waals surface area contributed by atoms with Gasteiger partial charge >= 0.3 is 0 Å². The van der Waals surface area contributed by atoms with Gasteiger partial charge in [0.05, 0.1) is 11.6 Å². The van der Waals surface area contributed by atoms with Crippen molar-refractivity contribution in [2.24, 2.45) is 0 Å². The van der Waals surface area contributed by atoms with Crippen molar-refractivity contribution in [3.05, 3.63) is 69.8 Å². The second kappa shape index (κ2) is 8.26. The number of halogens is 1. The molecule has 1 fully saturated rings. The zero-order valence-corrected chi connectivity index (χ0v) is 16.5. The van der Waals surface area contributed by atoms with Gasteiger partial charge in [-0.05, 0) is 43.5 Å². The summed E-state index contributed by atoms with van der Waals surface area (Å²) in [4.78, 5) is 4.63. The summed E-state index contributed by atoms with van der Waals surface area (Å²) in [6.07, 6.45) is 1.98. The molecule has 2 aromatic carbocycles. The van der Waals surface area contributed by atoms with E-state index in [2.05, 4.69) is 54.8 Å². The lowest BCUT2D eigenvalue weighted by Crippen LogP contribution is -2.41. The number of β-amino-alcohol motifs (C(OH)–C–C–N with tert-alkyl or cyclic N) is 1. The highest BCUT2D eigenvalue weighted by molar-refractivity contribution is 6.32. The first-order chi connectivity index (χ1) is 12.5. The van der Waals surface area contributed by atoms with Crippen LogP contribution in [0, 0.1) is 20.8 Å². The van der Waals surface area contributed by atoms with Gasteiger partial charge in [0.15, 0.2) is 0 Å². The Labute approximate surface area is 161 Å². The lowest BCUT2D eigenvalue weighted by Gasteiger charge is -2.33. The smallest absolute Gasteiger partial charge is 0.119 e. The molecule has 1 unspecified atom stereocenters. The van der Waals surface area contributed by atoms with Crippen LogP contribution in [0.2, 0.25) is 0 Å². The third kappa shape index (κ3) is 3.96. The van der Waals surface area contributed by atoms with Gasteiger partial charge < -0.3 is 10.0 Å². The van der Waals surface area contributed by atoms with Crippen LogP contribution in [0.15, 0.2) is 47.5 Å². The summed E-state index contributed by atoms with van der Waals surface area (Å²) in [7, 11) is 0. The van der Waals surface area contributed by atoms with Crippen molar-refractivity contribution in [1.29, 1.82) is 0 Å². The maximum Gasteiger partial charge on any atom is 0.119 e. The second-order valence-electron chi connectivity index (χ2n) is 7.01. The number of aliphatic hydroxyl groups excluding tert-OH is 1. The minimum absolute atomic E-state index is 0.0517. The van der Waals surface area contributed by atoms with E-state index in [1.807, 2.05) is 24.3 Å². The van der Waals surface area contributed by atoms with E-state index < -0.39 is 0 Å². The third-order valence-electron chi connectivity index (χ3n) is 4.93. The fourth-order valence-electron chi connectivity index (χ4n) is 4.01. The first-order valence-electron chi connectivity index (χ1n) is 9.13. The molecule has 0 radical (unpaired) electrons. The van der Waals surface area contributed by atoms with Gasteiger partial charge in [-0.2, -0.15) is 0 Å². The molecular formula is C22H27ClN2O. The highest BCUT2D eigenvalue weighted by Gasteiger charge is 2.35. The van der Waals surface area contributed by atoms with E-state index in [0.717, 1.165) is 23.7 Å². The Balaban J connectivity index is 2.01. The summed E-state index contributed by atoms with van der Waals surface area (Å²) in [5, 5.41) is 10.3. The first kappa shape index (κ1) is 19.0. The van der Waals surface area contributed by atoms with E-state index in [9.17, 15) is 5.11 Å². The fourth-order valence-corrected chi connectivity index (χ4v) is 4.39. The summed E-state index contributed by atoms with van der Waals surface area (Å²) >= 11 is 6.83. The van der Waals surface area contributed by atoms with E-state index in [-0.39, 0.29) is 12.8 Å². The Morgan fingerprint density at radius 1 is 1.12 bits per heavy atom. The van der Waals surface area contributed by atoms with Gasteiger partial charge in [-0.1, -0.05) is 59.6 Å². The molecule has 0 amide bonds. The Morgan fingerprint density at radius 3 is 2.38 bits per heavy atom. The van der Waals surface area contributed by atoms with Gasteiger partial charge in [0.1, 0.15) is 6.17 Å². The van der Waals surface area contributed by atoms with Crippen molar-refractivity contribution in [1.82, 2.24) is 4.90 Å². The topological polar surface area (TPSA) is 26.7 Å². The van der Waals surface area contributed by atoms with E-state index in [1.165, 1.54) is 22.4 Å². The molecule has 1 aliphatic rings. The molecule has 1 aliphatic heterocycles. The number of benzene rings is 2. The number of anilines is 1. The van der Waals surface area contributed by atoms with Crippen molar-refractivity contribution < 1.29 is 5.11 Å². The normalized spacial score (nSPS) is 18.6. The number of nitrogens with zero attached hydrogens (tertiary/aromatic N) is 2. The lowest BCUT2D eigenvalue weighted by molar-refractivity contribution is 0.201. The van der Waals surface area contributed by atoms with Gasteiger partial charge in [-0.25, -0.2) is 0 Å². The lowest BCUT2D eigenvalue weighted by atomic mass is 10.0. The zero-order chi connectivity index (χ0) is 18.7. The van der Waals surface area contributed by atoms with E-state index in [4.69, 9.17) is 11.6 Å². The fraction of sp³-hybridized carbons (Fsp3) is 0.364. The molecule has 0 spiro atoms. The standard InChI is InChI=1S/C22H27ClN2O/c1-16-13-17(2)21(18(3)14-16)25-10-9-24(11-12-26)22(25)20(23)15-19-7-5-4-6-8-19/h4-8,13-15,22,26H,9-12H2,1-3H3/b20-15+. The van der Waals surface area contributed by atoms with Crippen LogP contribution in [-0.2, 0) is 0 Å². The Bertz CT molecular complexity index is 765. The van der Waals surface area contributed by atoms with Crippen LogP contribution >= 0.6 is 11.6 Å². The van der Waals surface area contributed by atoms with Crippen molar-refractivity contribution in [3.8, 4) is 0 Å². The molecule has 0 aliphatic carbocycles. The molecule has 26 heavy (non-hydrogen) atoms. The molecule has 138 valence electrons. The summed E-state index contributed by atoms with van der Waals surface area (Å²) in [5.41, 5.74) is 6.15. The molecule has 0 aromatic heterocycles. The second-order valence-corrected chi connectivity index (χ2v) is 7.45. The highest BCUT2D eigenvalue weighted by atomic mass is 35.5. The van der Waals surface area contributed by atoms with Crippen LogP contribution < -0.4 is 4.90 Å². The summed E-state index contributed by atoms with van der Waals surface area (Å²) in [6, 6.07) is 14.6. The maximum atomic E-state index is 9.50.